The SMILES string of the molecule is CCCCn1nc(COc2ccccc2)nc1[C@H]1CC[C@H]2OCCN[C@@H]2C1. The van der Waals surface area contributed by atoms with Crippen molar-refractivity contribution in [2.75, 3.05) is 13.2 Å². The molecule has 27 heavy (non-hydrogen) atoms. The van der Waals surface area contributed by atoms with Gasteiger partial charge in [0.05, 0.1) is 12.7 Å². The molecule has 2 aliphatic rings. The van der Waals surface area contributed by atoms with Crippen LogP contribution in [0.3, 0.4) is 0 Å². The largest absolute Gasteiger partial charge is 0.486 e. The molecule has 0 spiro atoms. The Balaban J connectivity index is 1.47. The number of hydrogen-bond acceptors (Lipinski definition) is 5. The number of nitrogens with one attached hydrogen (secondary N) is 1. The first-order valence-corrected chi connectivity index (χ1v) is 10.3. The van der Waals surface area contributed by atoms with E-state index in [1.165, 1.54) is 0 Å². The first-order valence-electron chi connectivity index (χ1n) is 10.3. The van der Waals surface area contributed by atoms with Crippen LogP contribution in [0.15, 0.2) is 30.3 Å². The van der Waals surface area contributed by atoms with E-state index >= 15 is 0 Å². The van der Waals surface area contributed by atoms with Gasteiger partial charge in [0.15, 0.2) is 5.82 Å². The van der Waals surface area contributed by atoms with Crippen LogP contribution < -0.4 is 10.1 Å². The summed E-state index contributed by atoms with van der Waals surface area (Å²) in [5.41, 5.74) is 0. The van der Waals surface area contributed by atoms with Crippen LogP contribution in [0.2, 0.25) is 0 Å². The average Bonchev–Trinajstić information content (AvgIpc) is 3.14. The lowest BCUT2D eigenvalue weighted by Crippen LogP contribution is -2.51. The van der Waals surface area contributed by atoms with Crippen LogP contribution in [0.5, 0.6) is 5.75 Å². The molecule has 3 atom stereocenters. The fraction of sp³-hybridized carbons (Fsp3) is 0.619. The Bertz CT molecular complexity index is 718. The molecular formula is C21H30N4O2. The minimum Gasteiger partial charge on any atom is -0.486 e. The van der Waals surface area contributed by atoms with Crippen molar-refractivity contribution >= 4 is 0 Å². The van der Waals surface area contributed by atoms with Gasteiger partial charge in [0.1, 0.15) is 18.2 Å². The second kappa shape index (κ2) is 8.85. The molecule has 1 saturated heterocycles. The fourth-order valence-electron chi connectivity index (χ4n) is 4.15. The lowest BCUT2D eigenvalue weighted by atomic mass is 9.82. The van der Waals surface area contributed by atoms with Gasteiger partial charge in [0, 0.05) is 25.0 Å². The van der Waals surface area contributed by atoms with Crippen molar-refractivity contribution in [3.05, 3.63) is 42.0 Å². The molecule has 2 heterocycles. The Morgan fingerprint density at radius 3 is 3.00 bits per heavy atom. The number of rotatable bonds is 7. The molecule has 0 unspecified atom stereocenters. The highest BCUT2D eigenvalue weighted by Gasteiger charge is 2.35. The van der Waals surface area contributed by atoms with Crippen molar-refractivity contribution in [1.29, 1.82) is 0 Å². The highest BCUT2D eigenvalue weighted by atomic mass is 16.5. The molecule has 4 rings (SSSR count). The maximum Gasteiger partial charge on any atom is 0.188 e. The van der Waals surface area contributed by atoms with Crippen LogP contribution in [0.4, 0.5) is 0 Å². The summed E-state index contributed by atoms with van der Waals surface area (Å²) in [6, 6.07) is 10.3. The average molecular weight is 370 g/mol. The van der Waals surface area contributed by atoms with Gasteiger partial charge in [-0.2, -0.15) is 5.10 Å². The summed E-state index contributed by atoms with van der Waals surface area (Å²) in [5.74, 6) is 3.20. The van der Waals surface area contributed by atoms with Crippen LogP contribution in [0, 0.1) is 0 Å². The second-order valence-electron chi connectivity index (χ2n) is 7.54. The summed E-state index contributed by atoms with van der Waals surface area (Å²) in [6.45, 7) is 5.34. The molecule has 1 aromatic heterocycles. The number of nitrogens with zero attached hydrogens (tertiary/aromatic N) is 3. The molecule has 6 nitrogen and oxygen atoms in total. The van der Waals surface area contributed by atoms with E-state index in [0.717, 1.165) is 69.2 Å². The van der Waals surface area contributed by atoms with Crippen LogP contribution in [-0.4, -0.2) is 40.1 Å². The molecule has 2 fully saturated rings. The molecule has 1 saturated carbocycles. The lowest BCUT2D eigenvalue weighted by Gasteiger charge is -2.39. The third-order valence-electron chi connectivity index (χ3n) is 5.57. The fourth-order valence-corrected chi connectivity index (χ4v) is 4.15. The van der Waals surface area contributed by atoms with Gasteiger partial charge < -0.3 is 14.8 Å². The van der Waals surface area contributed by atoms with E-state index < -0.39 is 0 Å². The quantitative estimate of drug-likeness (QED) is 0.810. The summed E-state index contributed by atoms with van der Waals surface area (Å²) in [4.78, 5) is 4.90. The van der Waals surface area contributed by atoms with E-state index in [2.05, 4.69) is 16.9 Å². The molecule has 146 valence electrons. The maximum absolute atomic E-state index is 5.93. The van der Waals surface area contributed by atoms with Crippen molar-refractivity contribution in [3.8, 4) is 5.75 Å². The number of para-hydroxylation sites is 1. The normalized spacial score (nSPS) is 25.1. The summed E-state index contributed by atoms with van der Waals surface area (Å²) >= 11 is 0. The molecule has 2 aromatic rings. The second-order valence-corrected chi connectivity index (χ2v) is 7.54. The van der Waals surface area contributed by atoms with E-state index in [4.69, 9.17) is 19.6 Å². The minimum absolute atomic E-state index is 0.364. The van der Waals surface area contributed by atoms with E-state index in [9.17, 15) is 0 Å². The van der Waals surface area contributed by atoms with Gasteiger partial charge in [-0.25, -0.2) is 9.67 Å². The van der Waals surface area contributed by atoms with Gasteiger partial charge >= 0.3 is 0 Å². The number of aryl methyl sites for hydroxylation is 1. The molecule has 0 bridgehead atoms. The number of ether oxygens (including phenoxy) is 2. The molecule has 0 amide bonds. The van der Waals surface area contributed by atoms with Crippen LogP contribution in [0.1, 0.15) is 56.6 Å². The van der Waals surface area contributed by atoms with Crippen LogP contribution in [0.25, 0.3) is 0 Å². The molecule has 0 radical (unpaired) electrons. The Morgan fingerprint density at radius 2 is 2.15 bits per heavy atom. The zero-order chi connectivity index (χ0) is 18.5. The number of morpholine rings is 1. The summed E-state index contributed by atoms with van der Waals surface area (Å²) < 4.78 is 13.9. The zero-order valence-corrected chi connectivity index (χ0v) is 16.1. The van der Waals surface area contributed by atoms with Gasteiger partial charge in [-0.05, 0) is 37.8 Å². The smallest absolute Gasteiger partial charge is 0.188 e. The molecule has 1 aliphatic heterocycles. The predicted molar refractivity (Wildman–Crippen MR) is 104 cm³/mol. The third-order valence-corrected chi connectivity index (χ3v) is 5.57. The van der Waals surface area contributed by atoms with Crippen LogP contribution >= 0.6 is 0 Å². The monoisotopic (exact) mass is 370 g/mol. The van der Waals surface area contributed by atoms with Gasteiger partial charge in [-0.15, -0.1) is 0 Å². The van der Waals surface area contributed by atoms with E-state index in [0.29, 0.717) is 24.7 Å². The van der Waals surface area contributed by atoms with Crippen molar-refractivity contribution in [3.63, 3.8) is 0 Å². The topological polar surface area (TPSA) is 61.2 Å². The van der Waals surface area contributed by atoms with Crippen molar-refractivity contribution in [1.82, 2.24) is 20.1 Å². The minimum atomic E-state index is 0.364. The Labute approximate surface area is 161 Å². The molecule has 1 N–H and O–H groups in total. The number of unbranched alkanes of at least 4 members (excludes halogenated alkanes) is 1. The molecular weight excluding hydrogens is 340 g/mol. The highest BCUT2D eigenvalue weighted by Crippen LogP contribution is 2.34. The Morgan fingerprint density at radius 1 is 1.26 bits per heavy atom. The van der Waals surface area contributed by atoms with Crippen molar-refractivity contribution in [2.24, 2.45) is 0 Å². The highest BCUT2D eigenvalue weighted by molar-refractivity contribution is 5.21. The van der Waals surface area contributed by atoms with E-state index in [-0.39, 0.29) is 0 Å². The van der Waals surface area contributed by atoms with Gasteiger partial charge in [0.25, 0.3) is 0 Å². The van der Waals surface area contributed by atoms with Gasteiger partial charge in [-0.1, -0.05) is 31.5 Å². The van der Waals surface area contributed by atoms with Gasteiger partial charge in [0.2, 0.25) is 0 Å². The summed E-state index contributed by atoms with van der Waals surface area (Å²) in [5, 5.41) is 8.40. The third kappa shape index (κ3) is 4.50. The van der Waals surface area contributed by atoms with Crippen molar-refractivity contribution < 1.29 is 9.47 Å². The van der Waals surface area contributed by atoms with Crippen LogP contribution in [-0.2, 0) is 17.9 Å². The first kappa shape index (κ1) is 18.4. The lowest BCUT2D eigenvalue weighted by molar-refractivity contribution is -0.0282. The Hall–Kier alpha value is -1.92. The molecule has 1 aromatic carbocycles. The first-order chi connectivity index (χ1) is 13.3. The predicted octanol–water partition coefficient (Wildman–Crippen LogP) is 3.28. The standard InChI is InChI=1S/C21H30N4O2/c1-2-3-12-25-21(16-9-10-19-18(14-16)22-11-13-26-19)23-20(24-25)15-27-17-7-5-4-6-8-17/h4-8,16,18-19,22H,2-3,9-15H2,1H3/t16-,18+,19+/m0/s1. The Kier molecular flexibility index (Phi) is 6.04. The number of fused-ring (bicyclic) bond motifs is 1. The number of benzene rings is 1. The number of aromatic nitrogens is 3. The van der Waals surface area contributed by atoms with Crippen molar-refractivity contribution in [2.45, 2.75) is 70.2 Å². The molecule has 6 heteroatoms. The van der Waals surface area contributed by atoms with Gasteiger partial charge in [-0.3, -0.25) is 0 Å². The van der Waals surface area contributed by atoms with E-state index in [1.807, 2.05) is 30.3 Å². The molecule has 1 aliphatic carbocycles. The zero-order valence-electron chi connectivity index (χ0n) is 16.1. The van der Waals surface area contributed by atoms with E-state index in [1.54, 1.807) is 0 Å². The number of hydrogen-bond donors (Lipinski definition) is 1. The summed E-state index contributed by atoms with van der Waals surface area (Å²) in [6.07, 6.45) is 5.93. The maximum atomic E-state index is 5.93. The summed E-state index contributed by atoms with van der Waals surface area (Å²) in [7, 11) is 0.